The largest absolute Gasteiger partial charge is 0.393 e. The topological polar surface area (TPSA) is 108 Å². The van der Waals surface area contributed by atoms with Crippen molar-refractivity contribution in [2.75, 3.05) is 16.8 Å². The predicted octanol–water partition coefficient (Wildman–Crippen LogP) is 3.02. The maximum absolute atomic E-state index is 14.4. The zero-order valence-electron chi connectivity index (χ0n) is 17.8. The summed E-state index contributed by atoms with van der Waals surface area (Å²) < 4.78 is 58.3. The van der Waals surface area contributed by atoms with Crippen LogP contribution in [0.3, 0.4) is 0 Å². The Kier molecular flexibility index (Phi) is 5.50. The Hall–Kier alpha value is -3.48. The third kappa shape index (κ3) is 4.34. The second-order valence-corrected chi connectivity index (χ2v) is 8.63. The first kappa shape index (κ1) is 22.3. The van der Waals surface area contributed by atoms with E-state index >= 15 is 0 Å². The number of aromatic nitrogens is 4. The van der Waals surface area contributed by atoms with Gasteiger partial charge in [-0.3, -0.25) is 9.72 Å². The van der Waals surface area contributed by atoms with E-state index in [1.54, 1.807) is 0 Å². The lowest BCUT2D eigenvalue weighted by Gasteiger charge is -2.25. The number of nitrogens with one attached hydrogen (secondary N) is 2. The summed E-state index contributed by atoms with van der Waals surface area (Å²) in [5.74, 6) is -4.61. The summed E-state index contributed by atoms with van der Waals surface area (Å²) in [6.45, 7) is -0.749. The van der Waals surface area contributed by atoms with E-state index in [9.17, 15) is 27.5 Å². The highest BCUT2D eigenvalue weighted by Crippen LogP contribution is 2.43. The molecule has 34 heavy (non-hydrogen) atoms. The summed E-state index contributed by atoms with van der Waals surface area (Å²) in [5, 5.41) is 22.7. The lowest BCUT2D eigenvalue weighted by molar-refractivity contribution is 0.0221. The lowest BCUT2D eigenvalue weighted by Crippen LogP contribution is -2.37. The van der Waals surface area contributed by atoms with Gasteiger partial charge in [0.15, 0.2) is 5.65 Å². The number of rotatable bonds is 4. The Morgan fingerprint density at radius 1 is 1.21 bits per heavy atom. The highest BCUT2D eigenvalue weighted by atomic mass is 19.3. The van der Waals surface area contributed by atoms with Crippen LogP contribution in [0.15, 0.2) is 30.6 Å². The SMILES string of the molecule is O=C(Nc1nnc2cnc(N3CC(F)(F)C[C@@H]3c3cc(F)ccc3F)cn12)N[C@@H]1CC[C@H](O)C1. The maximum Gasteiger partial charge on any atom is 0.321 e. The number of amides is 2. The lowest BCUT2D eigenvalue weighted by atomic mass is 10.0. The number of hydrogen-bond acceptors (Lipinski definition) is 6. The molecule has 3 heterocycles. The van der Waals surface area contributed by atoms with Gasteiger partial charge in [-0.15, -0.1) is 10.2 Å². The molecule has 1 aromatic carbocycles. The fourth-order valence-electron chi connectivity index (χ4n) is 4.54. The number of carbonyl (C=O) groups excluding carboxylic acids is 1. The van der Waals surface area contributed by atoms with Gasteiger partial charge in [-0.25, -0.2) is 27.3 Å². The Morgan fingerprint density at radius 3 is 2.79 bits per heavy atom. The minimum atomic E-state index is -3.15. The van der Waals surface area contributed by atoms with Crippen molar-refractivity contribution in [3.63, 3.8) is 0 Å². The van der Waals surface area contributed by atoms with Gasteiger partial charge in [0.2, 0.25) is 5.95 Å². The molecule has 2 fully saturated rings. The molecule has 3 N–H and O–H groups in total. The molecule has 2 aliphatic rings. The third-order valence-electron chi connectivity index (χ3n) is 6.13. The second-order valence-electron chi connectivity index (χ2n) is 8.63. The molecular formula is C21H21F4N7O2. The monoisotopic (exact) mass is 479 g/mol. The van der Waals surface area contributed by atoms with Crippen molar-refractivity contribution in [2.45, 2.75) is 49.8 Å². The number of benzene rings is 1. The molecule has 0 unspecified atom stereocenters. The van der Waals surface area contributed by atoms with Crippen molar-refractivity contribution >= 4 is 23.4 Å². The van der Waals surface area contributed by atoms with Crippen molar-refractivity contribution in [3.8, 4) is 0 Å². The molecule has 0 spiro atoms. The molecule has 1 saturated carbocycles. The molecule has 3 aromatic rings. The molecule has 3 atom stereocenters. The number of fused-ring (bicyclic) bond motifs is 1. The molecule has 13 heteroatoms. The smallest absolute Gasteiger partial charge is 0.321 e. The van der Waals surface area contributed by atoms with Crippen LogP contribution in [0.1, 0.15) is 37.3 Å². The molecule has 9 nitrogen and oxygen atoms in total. The standard InChI is InChI=1S/C21H21F4N7O2/c22-11-1-4-15(23)14(5-11)16-7-21(24,25)10-32(16)18-9-31-17(8-26-18)29-30-19(31)28-20(34)27-12-2-3-13(33)6-12/h1,4-5,8-9,12-13,16,33H,2-3,6-7,10H2,(H2,27,28,30,34)/t12-,13+,16-/m1/s1. The van der Waals surface area contributed by atoms with Crippen LogP contribution < -0.4 is 15.5 Å². The molecular weight excluding hydrogens is 458 g/mol. The van der Waals surface area contributed by atoms with Gasteiger partial charge in [0, 0.05) is 18.0 Å². The van der Waals surface area contributed by atoms with Gasteiger partial charge in [-0.05, 0) is 37.5 Å². The normalized spacial score (nSPS) is 24.0. The van der Waals surface area contributed by atoms with Crippen molar-refractivity contribution in [3.05, 3.63) is 47.8 Å². The highest BCUT2D eigenvalue weighted by Gasteiger charge is 2.47. The first-order chi connectivity index (χ1) is 16.2. The predicted molar refractivity (Wildman–Crippen MR) is 113 cm³/mol. The number of aliphatic hydroxyl groups excluding tert-OH is 1. The van der Waals surface area contributed by atoms with Crippen LogP contribution in [0, 0.1) is 11.6 Å². The van der Waals surface area contributed by atoms with Gasteiger partial charge in [0.05, 0.1) is 31.1 Å². The number of halogens is 4. The number of alkyl halides is 2. The van der Waals surface area contributed by atoms with Crippen LogP contribution >= 0.6 is 0 Å². The fourth-order valence-corrected chi connectivity index (χ4v) is 4.54. The first-order valence-electron chi connectivity index (χ1n) is 10.7. The Bertz CT molecular complexity index is 1240. The van der Waals surface area contributed by atoms with E-state index < -0.39 is 48.7 Å². The molecule has 2 amide bonds. The average molecular weight is 479 g/mol. The summed E-state index contributed by atoms with van der Waals surface area (Å²) >= 11 is 0. The number of aliphatic hydroxyl groups is 1. The van der Waals surface area contributed by atoms with E-state index in [2.05, 4.69) is 25.8 Å². The molecule has 5 rings (SSSR count). The van der Waals surface area contributed by atoms with Crippen LogP contribution in [0.5, 0.6) is 0 Å². The average Bonchev–Trinajstić information content (AvgIpc) is 3.46. The van der Waals surface area contributed by atoms with Crippen molar-refractivity contribution in [1.29, 1.82) is 0 Å². The van der Waals surface area contributed by atoms with E-state index in [4.69, 9.17) is 0 Å². The molecule has 0 radical (unpaired) electrons. The van der Waals surface area contributed by atoms with Crippen LogP contribution in [-0.4, -0.2) is 55.3 Å². The minimum absolute atomic E-state index is 0.0224. The zero-order valence-corrected chi connectivity index (χ0v) is 17.8. The minimum Gasteiger partial charge on any atom is -0.393 e. The van der Waals surface area contributed by atoms with Crippen LogP contribution in [-0.2, 0) is 0 Å². The summed E-state index contributed by atoms with van der Waals surface area (Å²) in [5.41, 5.74) is 0.0501. The van der Waals surface area contributed by atoms with Crippen molar-refractivity contribution in [2.24, 2.45) is 0 Å². The van der Waals surface area contributed by atoms with Crippen molar-refractivity contribution in [1.82, 2.24) is 24.9 Å². The van der Waals surface area contributed by atoms with Crippen molar-refractivity contribution < 1.29 is 27.5 Å². The number of carbonyl (C=O) groups is 1. The molecule has 1 saturated heterocycles. The van der Waals surface area contributed by atoms with Crippen LogP contribution in [0.4, 0.5) is 34.1 Å². The Morgan fingerprint density at radius 2 is 2.03 bits per heavy atom. The van der Waals surface area contributed by atoms with Crippen LogP contribution in [0.2, 0.25) is 0 Å². The summed E-state index contributed by atoms with van der Waals surface area (Å²) in [6, 6.07) is 0.843. The maximum atomic E-state index is 14.4. The van der Waals surface area contributed by atoms with Gasteiger partial charge < -0.3 is 15.3 Å². The molecule has 1 aliphatic carbocycles. The van der Waals surface area contributed by atoms with Gasteiger partial charge in [-0.2, -0.15) is 0 Å². The molecule has 180 valence electrons. The first-order valence-corrected chi connectivity index (χ1v) is 10.7. The Labute approximate surface area is 190 Å². The number of hydrogen-bond donors (Lipinski definition) is 3. The quantitative estimate of drug-likeness (QED) is 0.497. The van der Waals surface area contributed by atoms with E-state index in [0.717, 1.165) is 18.2 Å². The second kappa shape index (κ2) is 8.38. The number of anilines is 2. The van der Waals surface area contributed by atoms with Crippen LogP contribution in [0.25, 0.3) is 5.65 Å². The van der Waals surface area contributed by atoms with Gasteiger partial charge in [-0.1, -0.05) is 0 Å². The van der Waals surface area contributed by atoms with E-state index in [-0.39, 0.29) is 29.0 Å². The Balaban J connectivity index is 1.42. The van der Waals surface area contributed by atoms with E-state index in [0.29, 0.717) is 19.3 Å². The number of nitrogens with zero attached hydrogens (tertiary/aromatic N) is 5. The van der Waals surface area contributed by atoms with Gasteiger partial charge >= 0.3 is 6.03 Å². The molecule has 2 aromatic heterocycles. The summed E-state index contributed by atoms with van der Waals surface area (Å²) in [7, 11) is 0. The van der Waals surface area contributed by atoms with E-state index in [1.165, 1.54) is 21.7 Å². The summed E-state index contributed by atoms with van der Waals surface area (Å²) in [6.07, 6.45) is 3.16. The molecule has 0 bridgehead atoms. The van der Waals surface area contributed by atoms with Gasteiger partial charge in [0.1, 0.15) is 17.5 Å². The number of urea groups is 1. The van der Waals surface area contributed by atoms with E-state index in [1.807, 2.05) is 0 Å². The molecule has 1 aliphatic heterocycles. The fraction of sp³-hybridized carbons (Fsp3) is 0.429. The zero-order chi connectivity index (χ0) is 24.0. The third-order valence-corrected chi connectivity index (χ3v) is 6.13. The van der Waals surface area contributed by atoms with Gasteiger partial charge in [0.25, 0.3) is 5.92 Å². The summed E-state index contributed by atoms with van der Waals surface area (Å²) in [4.78, 5) is 17.7. The highest BCUT2D eigenvalue weighted by molar-refractivity contribution is 5.88.